The zero-order valence-electron chi connectivity index (χ0n) is 9.92. The van der Waals surface area contributed by atoms with Crippen LogP contribution in [-0.4, -0.2) is 18.4 Å². The molecule has 6 nitrogen and oxygen atoms in total. The summed E-state index contributed by atoms with van der Waals surface area (Å²) < 4.78 is 27.9. The topological polar surface area (TPSA) is 101 Å². The van der Waals surface area contributed by atoms with Crippen molar-refractivity contribution in [3.63, 3.8) is 0 Å². The van der Waals surface area contributed by atoms with Crippen molar-refractivity contribution in [1.82, 2.24) is 9.97 Å². The number of anilines is 2. The highest BCUT2D eigenvalue weighted by atomic mass is 79.9. The van der Waals surface area contributed by atoms with Gasteiger partial charge in [-0.3, -0.25) is 4.72 Å². The number of aromatic nitrogens is 2. The van der Waals surface area contributed by atoms with Gasteiger partial charge in [0.2, 0.25) is 0 Å². The number of nitrogen functional groups attached to an aromatic ring is 1. The SMILES string of the molecule is Nc1ccc2[nH]cc(S(=O)(=O)Nc3ncc(Br)s3)c2c1. The molecule has 0 saturated carbocycles. The summed E-state index contributed by atoms with van der Waals surface area (Å²) in [4.78, 5) is 7.01. The Bertz CT molecular complexity index is 885. The molecule has 0 aliphatic carbocycles. The number of nitrogens with two attached hydrogens (primary N) is 1. The second-order valence-electron chi connectivity index (χ2n) is 4.03. The summed E-state index contributed by atoms with van der Waals surface area (Å²) in [5, 5.41) is 0.850. The first-order valence-electron chi connectivity index (χ1n) is 5.46. The molecule has 2 heterocycles. The van der Waals surface area contributed by atoms with Gasteiger partial charge >= 0.3 is 0 Å². The molecule has 2 aromatic heterocycles. The van der Waals surface area contributed by atoms with Crippen molar-refractivity contribution in [3.05, 3.63) is 34.4 Å². The molecular weight excluding hydrogens is 364 g/mol. The van der Waals surface area contributed by atoms with E-state index in [4.69, 9.17) is 5.73 Å². The van der Waals surface area contributed by atoms with Crippen LogP contribution in [-0.2, 0) is 10.0 Å². The molecule has 0 spiro atoms. The minimum atomic E-state index is -3.71. The molecule has 0 aliphatic heterocycles. The number of nitrogens with one attached hydrogen (secondary N) is 2. The third-order valence-electron chi connectivity index (χ3n) is 2.66. The third kappa shape index (κ3) is 2.39. The molecular formula is C11H9BrN4O2S2. The lowest BCUT2D eigenvalue weighted by Gasteiger charge is -2.03. The smallest absolute Gasteiger partial charge is 0.265 e. The van der Waals surface area contributed by atoms with Gasteiger partial charge in [0.15, 0.2) is 5.13 Å². The van der Waals surface area contributed by atoms with Crippen LogP contribution in [0.1, 0.15) is 0 Å². The fourth-order valence-electron chi connectivity index (χ4n) is 1.81. The molecule has 0 amide bonds. The largest absolute Gasteiger partial charge is 0.399 e. The number of halogens is 1. The van der Waals surface area contributed by atoms with Crippen LogP contribution in [0.4, 0.5) is 10.8 Å². The Kier molecular flexibility index (Phi) is 3.19. The van der Waals surface area contributed by atoms with Crippen molar-refractivity contribution < 1.29 is 8.42 Å². The normalized spacial score (nSPS) is 11.8. The van der Waals surface area contributed by atoms with E-state index in [2.05, 4.69) is 30.6 Å². The van der Waals surface area contributed by atoms with Gasteiger partial charge in [0.25, 0.3) is 10.0 Å². The van der Waals surface area contributed by atoms with E-state index in [1.807, 2.05) is 0 Å². The van der Waals surface area contributed by atoms with Gasteiger partial charge in [-0.15, -0.1) is 0 Å². The van der Waals surface area contributed by atoms with E-state index in [9.17, 15) is 8.42 Å². The maximum absolute atomic E-state index is 12.4. The molecule has 0 radical (unpaired) electrons. The maximum Gasteiger partial charge on any atom is 0.265 e. The summed E-state index contributed by atoms with van der Waals surface area (Å²) >= 11 is 4.44. The Labute approximate surface area is 127 Å². The molecule has 0 atom stereocenters. The molecule has 0 bridgehead atoms. The van der Waals surface area contributed by atoms with E-state index < -0.39 is 10.0 Å². The number of aromatic amines is 1. The van der Waals surface area contributed by atoms with Crippen LogP contribution in [0.15, 0.2) is 39.3 Å². The summed E-state index contributed by atoms with van der Waals surface area (Å²) in [7, 11) is -3.71. The predicted octanol–water partition coefficient (Wildman–Crippen LogP) is 2.77. The average Bonchev–Trinajstić information content (AvgIpc) is 2.95. The Hall–Kier alpha value is -1.58. The van der Waals surface area contributed by atoms with E-state index >= 15 is 0 Å². The van der Waals surface area contributed by atoms with Crippen molar-refractivity contribution in [2.45, 2.75) is 4.90 Å². The van der Waals surface area contributed by atoms with Crippen LogP contribution in [0, 0.1) is 0 Å². The molecule has 9 heteroatoms. The highest BCUT2D eigenvalue weighted by Gasteiger charge is 2.20. The summed E-state index contributed by atoms with van der Waals surface area (Å²) in [6, 6.07) is 5.07. The summed E-state index contributed by atoms with van der Waals surface area (Å²) in [6.45, 7) is 0. The number of sulfonamides is 1. The minimum absolute atomic E-state index is 0.145. The quantitative estimate of drug-likeness (QED) is 0.615. The summed E-state index contributed by atoms with van der Waals surface area (Å²) in [5.74, 6) is 0. The van der Waals surface area contributed by atoms with Crippen LogP contribution in [0.2, 0.25) is 0 Å². The molecule has 3 rings (SSSR count). The van der Waals surface area contributed by atoms with E-state index in [1.165, 1.54) is 23.7 Å². The van der Waals surface area contributed by atoms with Crippen LogP contribution in [0.5, 0.6) is 0 Å². The number of thiazole rings is 1. The van der Waals surface area contributed by atoms with Gasteiger partial charge in [-0.05, 0) is 34.1 Å². The fraction of sp³-hybridized carbons (Fsp3) is 0. The molecule has 0 fully saturated rings. The lowest BCUT2D eigenvalue weighted by molar-refractivity contribution is 0.602. The predicted molar refractivity (Wildman–Crippen MR) is 83.3 cm³/mol. The lowest BCUT2D eigenvalue weighted by atomic mass is 10.2. The first-order chi connectivity index (χ1) is 9.45. The van der Waals surface area contributed by atoms with Gasteiger partial charge in [-0.2, -0.15) is 0 Å². The van der Waals surface area contributed by atoms with Crippen LogP contribution >= 0.6 is 27.3 Å². The molecule has 4 N–H and O–H groups in total. The van der Waals surface area contributed by atoms with Crippen molar-refractivity contribution in [3.8, 4) is 0 Å². The third-order valence-corrected chi connectivity index (χ3v) is 5.56. The van der Waals surface area contributed by atoms with Gasteiger partial charge in [0.05, 0.1) is 9.98 Å². The van der Waals surface area contributed by atoms with E-state index in [1.54, 1.807) is 18.2 Å². The first kappa shape index (κ1) is 13.4. The van der Waals surface area contributed by atoms with Gasteiger partial charge in [0, 0.05) is 22.8 Å². The Morgan fingerprint density at radius 1 is 1.40 bits per heavy atom. The van der Waals surface area contributed by atoms with Crippen molar-refractivity contribution in [1.29, 1.82) is 0 Å². The van der Waals surface area contributed by atoms with E-state index in [0.717, 1.165) is 3.79 Å². The summed E-state index contributed by atoms with van der Waals surface area (Å²) in [6.07, 6.45) is 2.98. The second-order valence-corrected chi connectivity index (χ2v) is 8.09. The average molecular weight is 373 g/mol. The minimum Gasteiger partial charge on any atom is -0.399 e. The lowest BCUT2D eigenvalue weighted by Crippen LogP contribution is -2.12. The van der Waals surface area contributed by atoms with Gasteiger partial charge in [-0.1, -0.05) is 11.3 Å². The number of nitrogens with zero attached hydrogens (tertiary/aromatic N) is 1. The standard InChI is InChI=1S/C11H9BrN4O2S2/c12-10-5-15-11(19-10)16-20(17,18)9-4-14-8-2-1-6(13)3-7(8)9/h1-5,14H,13H2,(H,15,16). The van der Waals surface area contributed by atoms with Crippen LogP contribution < -0.4 is 10.5 Å². The molecule has 0 saturated heterocycles. The molecule has 104 valence electrons. The Morgan fingerprint density at radius 2 is 2.20 bits per heavy atom. The van der Waals surface area contributed by atoms with Crippen molar-refractivity contribution in [2.24, 2.45) is 0 Å². The van der Waals surface area contributed by atoms with Crippen LogP contribution in [0.3, 0.4) is 0 Å². The molecule has 3 aromatic rings. The zero-order valence-corrected chi connectivity index (χ0v) is 13.1. The number of fused-ring (bicyclic) bond motifs is 1. The Balaban J connectivity index is 2.07. The van der Waals surface area contributed by atoms with E-state index in [0.29, 0.717) is 21.7 Å². The monoisotopic (exact) mass is 372 g/mol. The van der Waals surface area contributed by atoms with Crippen molar-refractivity contribution >= 4 is 59.0 Å². The van der Waals surface area contributed by atoms with Crippen molar-refractivity contribution in [2.75, 3.05) is 10.5 Å². The van der Waals surface area contributed by atoms with E-state index in [-0.39, 0.29) is 4.90 Å². The number of H-pyrrole nitrogens is 1. The fourth-order valence-corrected chi connectivity index (χ4v) is 4.33. The highest BCUT2D eigenvalue weighted by Crippen LogP contribution is 2.29. The number of benzene rings is 1. The molecule has 0 aliphatic rings. The number of hydrogen-bond acceptors (Lipinski definition) is 5. The van der Waals surface area contributed by atoms with Gasteiger partial charge in [-0.25, -0.2) is 13.4 Å². The first-order valence-corrected chi connectivity index (χ1v) is 8.56. The molecule has 0 unspecified atom stereocenters. The highest BCUT2D eigenvalue weighted by molar-refractivity contribution is 9.11. The van der Waals surface area contributed by atoms with Crippen LogP contribution in [0.25, 0.3) is 10.9 Å². The second kappa shape index (κ2) is 4.76. The molecule has 1 aromatic carbocycles. The zero-order chi connectivity index (χ0) is 14.3. The number of hydrogen-bond donors (Lipinski definition) is 3. The van der Waals surface area contributed by atoms with Gasteiger partial charge < -0.3 is 10.7 Å². The number of rotatable bonds is 3. The molecule has 20 heavy (non-hydrogen) atoms. The Morgan fingerprint density at radius 3 is 2.90 bits per heavy atom. The van der Waals surface area contributed by atoms with Gasteiger partial charge in [0.1, 0.15) is 4.90 Å². The summed E-state index contributed by atoms with van der Waals surface area (Å²) in [5.41, 5.74) is 6.92. The maximum atomic E-state index is 12.4.